The SMILES string of the molecule is C=CCN1CCn2c(nc(-c3ccc(Oc4ccccn4)cc3)c2C(N)=O)C1. The minimum atomic E-state index is -0.472. The van der Waals surface area contributed by atoms with Gasteiger partial charge >= 0.3 is 0 Å². The summed E-state index contributed by atoms with van der Waals surface area (Å²) in [5.41, 5.74) is 7.56. The number of carbonyl (C=O) groups is 1. The third-order valence-electron chi connectivity index (χ3n) is 4.66. The highest BCUT2D eigenvalue weighted by atomic mass is 16.5. The molecule has 3 aromatic rings. The highest BCUT2D eigenvalue weighted by molar-refractivity contribution is 5.97. The average molecular weight is 375 g/mol. The fraction of sp³-hybridized carbons (Fsp3) is 0.190. The van der Waals surface area contributed by atoms with Crippen molar-refractivity contribution in [2.45, 2.75) is 13.1 Å². The van der Waals surface area contributed by atoms with Gasteiger partial charge in [-0.25, -0.2) is 9.97 Å². The van der Waals surface area contributed by atoms with Crippen LogP contribution in [0.5, 0.6) is 11.6 Å². The van der Waals surface area contributed by atoms with Crippen LogP contribution in [0.3, 0.4) is 0 Å². The molecule has 0 aliphatic carbocycles. The van der Waals surface area contributed by atoms with Gasteiger partial charge in [0.15, 0.2) is 0 Å². The Morgan fingerprint density at radius 1 is 1.21 bits per heavy atom. The maximum Gasteiger partial charge on any atom is 0.267 e. The number of fused-ring (bicyclic) bond motifs is 1. The van der Waals surface area contributed by atoms with Crippen LogP contribution in [-0.2, 0) is 13.1 Å². The van der Waals surface area contributed by atoms with Crippen LogP contribution in [0.15, 0.2) is 61.3 Å². The molecule has 1 aliphatic rings. The van der Waals surface area contributed by atoms with Crippen molar-refractivity contribution in [1.82, 2.24) is 19.4 Å². The molecule has 7 heteroatoms. The molecule has 1 aliphatic heterocycles. The van der Waals surface area contributed by atoms with Crippen LogP contribution in [0.25, 0.3) is 11.3 Å². The number of aromatic nitrogens is 3. The topological polar surface area (TPSA) is 86.3 Å². The number of ether oxygens (including phenoxy) is 1. The molecule has 2 aromatic heterocycles. The summed E-state index contributed by atoms with van der Waals surface area (Å²) in [5.74, 6) is 1.54. The standard InChI is InChI=1S/C21H21N5O2/c1-2-11-25-12-13-26-17(14-25)24-19(20(26)21(22)27)15-6-8-16(9-7-15)28-18-5-3-4-10-23-18/h2-10H,1,11-14H2,(H2,22,27). The number of carbonyl (C=O) groups excluding carboxylic acids is 1. The minimum absolute atomic E-state index is 0.451. The van der Waals surface area contributed by atoms with Gasteiger partial charge in [0.2, 0.25) is 5.88 Å². The molecule has 28 heavy (non-hydrogen) atoms. The zero-order valence-corrected chi connectivity index (χ0v) is 15.4. The van der Waals surface area contributed by atoms with Crippen LogP contribution >= 0.6 is 0 Å². The van der Waals surface area contributed by atoms with E-state index in [9.17, 15) is 4.79 Å². The number of benzene rings is 1. The van der Waals surface area contributed by atoms with E-state index in [1.807, 2.05) is 47.0 Å². The molecule has 0 saturated heterocycles. The summed E-state index contributed by atoms with van der Waals surface area (Å²) in [6.45, 7) is 6.73. The Hall–Kier alpha value is -3.45. The molecule has 0 saturated carbocycles. The smallest absolute Gasteiger partial charge is 0.267 e. The summed E-state index contributed by atoms with van der Waals surface area (Å²) in [6, 6.07) is 12.9. The van der Waals surface area contributed by atoms with Crippen LogP contribution in [0.4, 0.5) is 0 Å². The lowest BCUT2D eigenvalue weighted by Gasteiger charge is -2.26. The van der Waals surface area contributed by atoms with E-state index in [0.717, 1.165) is 24.5 Å². The Morgan fingerprint density at radius 3 is 2.71 bits per heavy atom. The molecule has 0 unspecified atom stereocenters. The number of nitrogens with two attached hydrogens (primary N) is 1. The number of hydrogen-bond donors (Lipinski definition) is 1. The average Bonchev–Trinajstić information content (AvgIpc) is 3.08. The van der Waals surface area contributed by atoms with E-state index in [0.29, 0.717) is 36.1 Å². The molecule has 1 amide bonds. The molecule has 7 nitrogen and oxygen atoms in total. The predicted molar refractivity (Wildman–Crippen MR) is 106 cm³/mol. The van der Waals surface area contributed by atoms with E-state index in [1.165, 1.54) is 0 Å². The van der Waals surface area contributed by atoms with Crippen LogP contribution < -0.4 is 10.5 Å². The van der Waals surface area contributed by atoms with Gasteiger partial charge in [-0.1, -0.05) is 12.1 Å². The number of amides is 1. The summed E-state index contributed by atoms with van der Waals surface area (Å²) in [7, 11) is 0. The van der Waals surface area contributed by atoms with Crippen molar-refractivity contribution in [3.05, 3.63) is 72.8 Å². The number of nitrogens with zero attached hydrogens (tertiary/aromatic N) is 4. The van der Waals surface area contributed by atoms with Crippen molar-refractivity contribution in [3.8, 4) is 22.9 Å². The van der Waals surface area contributed by atoms with Gasteiger partial charge in [-0.3, -0.25) is 9.69 Å². The lowest BCUT2D eigenvalue weighted by molar-refractivity contribution is 0.0988. The van der Waals surface area contributed by atoms with E-state index >= 15 is 0 Å². The molecular formula is C21H21N5O2. The second-order valence-electron chi connectivity index (χ2n) is 6.56. The van der Waals surface area contributed by atoms with Crippen LogP contribution in [0.2, 0.25) is 0 Å². The molecule has 142 valence electrons. The Balaban J connectivity index is 1.63. The van der Waals surface area contributed by atoms with E-state index in [4.69, 9.17) is 15.5 Å². The summed E-state index contributed by atoms with van der Waals surface area (Å²) in [5, 5.41) is 0. The first-order valence-electron chi connectivity index (χ1n) is 9.07. The molecule has 0 radical (unpaired) electrons. The second-order valence-corrected chi connectivity index (χ2v) is 6.56. The monoisotopic (exact) mass is 375 g/mol. The predicted octanol–water partition coefficient (Wildman–Crippen LogP) is 2.84. The maximum absolute atomic E-state index is 12.1. The van der Waals surface area contributed by atoms with Crippen molar-refractivity contribution < 1.29 is 9.53 Å². The summed E-state index contributed by atoms with van der Waals surface area (Å²) in [4.78, 5) is 23.2. The number of pyridine rings is 1. The highest BCUT2D eigenvalue weighted by Gasteiger charge is 2.26. The minimum Gasteiger partial charge on any atom is -0.439 e. The molecule has 1 aromatic carbocycles. The van der Waals surface area contributed by atoms with E-state index < -0.39 is 5.91 Å². The number of hydrogen-bond acceptors (Lipinski definition) is 5. The van der Waals surface area contributed by atoms with Gasteiger partial charge < -0.3 is 15.0 Å². The van der Waals surface area contributed by atoms with Gasteiger partial charge in [0, 0.05) is 37.5 Å². The van der Waals surface area contributed by atoms with Gasteiger partial charge in [-0.2, -0.15) is 0 Å². The molecular weight excluding hydrogens is 354 g/mol. The second kappa shape index (κ2) is 7.66. The largest absolute Gasteiger partial charge is 0.439 e. The number of primary amides is 1. The quantitative estimate of drug-likeness (QED) is 0.670. The lowest BCUT2D eigenvalue weighted by atomic mass is 10.1. The number of imidazole rings is 1. The normalized spacial score (nSPS) is 13.7. The van der Waals surface area contributed by atoms with Gasteiger partial charge in [-0.15, -0.1) is 6.58 Å². The Kier molecular flexibility index (Phi) is 4.90. The van der Waals surface area contributed by atoms with E-state index in [1.54, 1.807) is 12.3 Å². The zero-order chi connectivity index (χ0) is 19.5. The summed E-state index contributed by atoms with van der Waals surface area (Å²) in [6.07, 6.45) is 3.54. The van der Waals surface area contributed by atoms with Crippen molar-refractivity contribution in [2.75, 3.05) is 13.1 Å². The van der Waals surface area contributed by atoms with Gasteiger partial charge in [0.05, 0.1) is 6.54 Å². The van der Waals surface area contributed by atoms with Crippen LogP contribution in [0.1, 0.15) is 16.3 Å². The van der Waals surface area contributed by atoms with Gasteiger partial charge in [0.1, 0.15) is 23.0 Å². The van der Waals surface area contributed by atoms with E-state index in [-0.39, 0.29) is 0 Å². The maximum atomic E-state index is 12.1. The summed E-state index contributed by atoms with van der Waals surface area (Å²) >= 11 is 0. The molecule has 2 N–H and O–H groups in total. The van der Waals surface area contributed by atoms with Crippen molar-refractivity contribution in [3.63, 3.8) is 0 Å². The van der Waals surface area contributed by atoms with Crippen molar-refractivity contribution in [1.29, 1.82) is 0 Å². The van der Waals surface area contributed by atoms with Crippen molar-refractivity contribution >= 4 is 5.91 Å². The molecule has 0 atom stereocenters. The summed E-state index contributed by atoms with van der Waals surface area (Å²) < 4.78 is 7.65. The molecule has 0 fully saturated rings. The highest BCUT2D eigenvalue weighted by Crippen LogP contribution is 2.29. The molecule has 0 spiro atoms. The first kappa shape index (κ1) is 17.9. The van der Waals surface area contributed by atoms with E-state index in [2.05, 4.69) is 16.5 Å². The third-order valence-corrected chi connectivity index (χ3v) is 4.66. The van der Waals surface area contributed by atoms with Crippen LogP contribution in [-0.4, -0.2) is 38.4 Å². The first-order valence-corrected chi connectivity index (χ1v) is 9.07. The van der Waals surface area contributed by atoms with Gasteiger partial charge in [-0.05, 0) is 30.3 Å². The molecule has 4 rings (SSSR count). The third kappa shape index (κ3) is 3.52. The lowest BCUT2D eigenvalue weighted by Crippen LogP contribution is -2.35. The van der Waals surface area contributed by atoms with Gasteiger partial charge in [0.25, 0.3) is 5.91 Å². The van der Waals surface area contributed by atoms with Crippen LogP contribution in [0, 0.1) is 0 Å². The fourth-order valence-corrected chi connectivity index (χ4v) is 3.38. The molecule has 0 bridgehead atoms. The first-order chi connectivity index (χ1) is 13.7. The zero-order valence-electron chi connectivity index (χ0n) is 15.4. The molecule has 3 heterocycles. The Morgan fingerprint density at radius 2 is 2.04 bits per heavy atom. The fourth-order valence-electron chi connectivity index (χ4n) is 3.38. The Bertz CT molecular complexity index is 996. The number of rotatable bonds is 6. The van der Waals surface area contributed by atoms with Crippen molar-refractivity contribution in [2.24, 2.45) is 5.73 Å². The Labute approximate surface area is 163 Å².